The van der Waals surface area contributed by atoms with Crippen molar-refractivity contribution in [3.05, 3.63) is 65.7 Å². The summed E-state index contributed by atoms with van der Waals surface area (Å²) in [4.78, 5) is 24.1. The zero-order chi connectivity index (χ0) is 19.2. The molecule has 0 bridgehead atoms. The molecule has 138 valence electrons. The SMILES string of the molecule is CN(NC(=O)c1ccc(OCc2ccccc2)cc1)C(=O)OC(C)(C)C. The molecule has 2 amide bonds. The second kappa shape index (κ2) is 8.38. The van der Waals surface area contributed by atoms with Gasteiger partial charge in [-0.15, -0.1) is 0 Å². The van der Waals surface area contributed by atoms with Crippen LogP contribution in [0.5, 0.6) is 5.75 Å². The van der Waals surface area contributed by atoms with Gasteiger partial charge in [0.1, 0.15) is 18.0 Å². The van der Waals surface area contributed by atoms with Crippen molar-refractivity contribution in [3.63, 3.8) is 0 Å². The molecule has 0 saturated heterocycles. The molecule has 2 aromatic rings. The zero-order valence-corrected chi connectivity index (χ0v) is 15.5. The predicted molar refractivity (Wildman–Crippen MR) is 98.7 cm³/mol. The van der Waals surface area contributed by atoms with Gasteiger partial charge in [0.15, 0.2) is 0 Å². The lowest BCUT2D eigenvalue weighted by Gasteiger charge is -2.24. The lowest BCUT2D eigenvalue weighted by molar-refractivity contribution is 0.0195. The topological polar surface area (TPSA) is 67.9 Å². The summed E-state index contributed by atoms with van der Waals surface area (Å²) in [6.45, 7) is 5.73. The Morgan fingerprint density at radius 3 is 2.19 bits per heavy atom. The van der Waals surface area contributed by atoms with Crippen molar-refractivity contribution < 1.29 is 19.1 Å². The van der Waals surface area contributed by atoms with Gasteiger partial charge < -0.3 is 9.47 Å². The third-order valence-electron chi connectivity index (χ3n) is 3.30. The van der Waals surface area contributed by atoms with E-state index in [-0.39, 0.29) is 0 Å². The molecular formula is C20H24N2O4. The molecule has 0 aliphatic rings. The normalized spacial score (nSPS) is 10.8. The predicted octanol–water partition coefficient (Wildman–Crippen LogP) is 3.78. The Kier molecular flexibility index (Phi) is 6.22. The molecule has 0 fully saturated rings. The van der Waals surface area contributed by atoms with Crippen LogP contribution in [0.2, 0.25) is 0 Å². The molecule has 6 heteroatoms. The third kappa shape index (κ3) is 6.12. The molecule has 6 nitrogen and oxygen atoms in total. The van der Waals surface area contributed by atoms with Gasteiger partial charge in [-0.2, -0.15) is 0 Å². The van der Waals surface area contributed by atoms with Crippen LogP contribution in [0, 0.1) is 0 Å². The van der Waals surface area contributed by atoms with Crippen molar-refractivity contribution in [2.45, 2.75) is 33.0 Å². The van der Waals surface area contributed by atoms with Crippen LogP contribution in [-0.4, -0.2) is 29.7 Å². The monoisotopic (exact) mass is 356 g/mol. The van der Waals surface area contributed by atoms with Crippen molar-refractivity contribution in [2.75, 3.05) is 7.05 Å². The fourth-order valence-electron chi connectivity index (χ4n) is 2.04. The maximum absolute atomic E-state index is 12.2. The van der Waals surface area contributed by atoms with E-state index in [1.54, 1.807) is 45.0 Å². The largest absolute Gasteiger partial charge is 0.489 e. The zero-order valence-electron chi connectivity index (χ0n) is 15.5. The van der Waals surface area contributed by atoms with Gasteiger partial charge in [-0.1, -0.05) is 30.3 Å². The first kappa shape index (κ1) is 19.3. The highest BCUT2D eigenvalue weighted by molar-refractivity contribution is 5.95. The Morgan fingerprint density at radius 2 is 1.62 bits per heavy atom. The number of rotatable bonds is 4. The molecule has 2 rings (SSSR count). The van der Waals surface area contributed by atoms with Crippen LogP contribution >= 0.6 is 0 Å². The van der Waals surface area contributed by atoms with E-state index >= 15 is 0 Å². The number of hydrogen-bond acceptors (Lipinski definition) is 4. The lowest BCUT2D eigenvalue weighted by Crippen LogP contribution is -2.45. The average molecular weight is 356 g/mol. The molecule has 0 heterocycles. The van der Waals surface area contributed by atoms with Crippen LogP contribution in [0.15, 0.2) is 54.6 Å². The first-order valence-electron chi connectivity index (χ1n) is 8.29. The van der Waals surface area contributed by atoms with Crippen molar-refractivity contribution in [2.24, 2.45) is 0 Å². The summed E-state index contributed by atoms with van der Waals surface area (Å²) in [6.07, 6.45) is -0.631. The summed E-state index contributed by atoms with van der Waals surface area (Å²) < 4.78 is 10.9. The fourth-order valence-corrected chi connectivity index (χ4v) is 2.04. The average Bonchev–Trinajstić information content (AvgIpc) is 2.59. The van der Waals surface area contributed by atoms with Gasteiger partial charge in [0.2, 0.25) is 0 Å². The number of hydrogen-bond donors (Lipinski definition) is 1. The minimum atomic E-state index is -0.631. The van der Waals surface area contributed by atoms with Crippen LogP contribution in [0.3, 0.4) is 0 Å². The smallest absolute Gasteiger partial charge is 0.428 e. The van der Waals surface area contributed by atoms with E-state index in [1.165, 1.54) is 7.05 Å². The maximum Gasteiger partial charge on any atom is 0.428 e. The molecule has 26 heavy (non-hydrogen) atoms. The summed E-state index contributed by atoms with van der Waals surface area (Å²) in [7, 11) is 1.43. The maximum atomic E-state index is 12.2. The minimum absolute atomic E-state index is 0.409. The highest BCUT2D eigenvalue weighted by atomic mass is 16.6. The summed E-state index contributed by atoms with van der Waals surface area (Å²) in [5.41, 5.74) is 3.32. The van der Waals surface area contributed by atoms with Crippen LogP contribution in [-0.2, 0) is 11.3 Å². The van der Waals surface area contributed by atoms with Crippen LogP contribution in [0.25, 0.3) is 0 Å². The molecule has 0 aliphatic carbocycles. The highest BCUT2D eigenvalue weighted by Gasteiger charge is 2.21. The van der Waals surface area contributed by atoms with E-state index in [0.717, 1.165) is 10.6 Å². The van der Waals surface area contributed by atoms with Gasteiger partial charge in [0.05, 0.1) is 0 Å². The molecule has 0 aromatic heterocycles. The number of benzene rings is 2. The molecular weight excluding hydrogens is 332 g/mol. The van der Waals surface area contributed by atoms with Crippen LogP contribution in [0.4, 0.5) is 4.79 Å². The standard InChI is InChI=1S/C20H24N2O4/c1-20(2,3)26-19(24)22(4)21-18(23)16-10-12-17(13-11-16)25-14-15-8-6-5-7-9-15/h5-13H,14H2,1-4H3,(H,21,23). The number of carbonyl (C=O) groups is 2. The number of carbonyl (C=O) groups excluding carboxylic acids is 2. The molecule has 2 aromatic carbocycles. The van der Waals surface area contributed by atoms with Crippen molar-refractivity contribution in [3.8, 4) is 5.75 Å². The molecule has 0 atom stereocenters. The van der Waals surface area contributed by atoms with E-state index in [0.29, 0.717) is 17.9 Å². The van der Waals surface area contributed by atoms with E-state index in [1.807, 2.05) is 30.3 Å². The Labute approximate surface area is 153 Å². The highest BCUT2D eigenvalue weighted by Crippen LogP contribution is 2.14. The quantitative estimate of drug-likeness (QED) is 0.847. The Balaban J connectivity index is 1.88. The van der Waals surface area contributed by atoms with Crippen molar-refractivity contribution in [1.29, 1.82) is 0 Å². The van der Waals surface area contributed by atoms with Gasteiger partial charge in [-0.05, 0) is 50.6 Å². The van der Waals surface area contributed by atoms with E-state index < -0.39 is 17.6 Å². The van der Waals surface area contributed by atoms with Gasteiger partial charge in [0.25, 0.3) is 5.91 Å². The van der Waals surface area contributed by atoms with Gasteiger partial charge >= 0.3 is 6.09 Å². The van der Waals surface area contributed by atoms with Gasteiger partial charge in [0, 0.05) is 12.6 Å². The molecule has 0 aliphatic heterocycles. The molecule has 0 spiro atoms. The second-order valence-electron chi connectivity index (χ2n) is 6.78. The number of nitrogens with zero attached hydrogens (tertiary/aromatic N) is 1. The molecule has 0 saturated carbocycles. The number of amides is 2. The van der Waals surface area contributed by atoms with E-state index in [9.17, 15) is 9.59 Å². The lowest BCUT2D eigenvalue weighted by atomic mass is 10.2. The van der Waals surface area contributed by atoms with E-state index in [2.05, 4.69) is 5.43 Å². The number of ether oxygens (including phenoxy) is 2. The Bertz CT molecular complexity index is 737. The first-order chi connectivity index (χ1) is 12.2. The van der Waals surface area contributed by atoms with Crippen LogP contribution < -0.4 is 10.2 Å². The molecule has 1 N–H and O–H groups in total. The Morgan fingerprint density at radius 1 is 1.00 bits per heavy atom. The van der Waals surface area contributed by atoms with Crippen LogP contribution in [0.1, 0.15) is 36.7 Å². The first-order valence-corrected chi connectivity index (χ1v) is 8.29. The van der Waals surface area contributed by atoms with Gasteiger partial charge in [-0.25, -0.2) is 9.80 Å². The summed E-state index contributed by atoms with van der Waals surface area (Å²) in [5.74, 6) is 0.249. The number of hydrazine groups is 1. The van der Waals surface area contributed by atoms with E-state index in [4.69, 9.17) is 9.47 Å². The third-order valence-corrected chi connectivity index (χ3v) is 3.30. The summed E-state index contributed by atoms with van der Waals surface area (Å²) in [5, 5.41) is 1.02. The summed E-state index contributed by atoms with van der Waals surface area (Å²) in [6, 6.07) is 16.5. The molecule has 0 unspecified atom stereocenters. The number of nitrogens with one attached hydrogen (secondary N) is 1. The second-order valence-corrected chi connectivity index (χ2v) is 6.78. The van der Waals surface area contributed by atoms with Crippen molar-refractivity contribution in [1.82, 2.24) is 10.4 Å². The summed E-state index contributed by atoms with van der Waals surface area (Å²) >= 11 is 0. The fraction of sp³-hybridized carbons (Fsp3) is 0.300. The van der Waals surface area contributed by atoms with Gasteiger partial charge in [-0.3, -0.25) is 10.2 Å². The minimum Gasteiger partial charge on any atom is -0.489 e. The van der Waals surface area contributed by atoms with Crippen molar-refractivity contribution >= 4 is 12.0 Å². The Hall–Kier alpha value is -3.02. The molecule has 0 radical (unpaired) electrons.